The van der Waals surface area contributed by atoms with Crippen LogP contribution in [0.1, 0.15) is 258 Å². The van der Waals surface area contributed by atoms with Crippen LogP contribution < -0.4 is 0 Å². The van der Waals surface area contributed by atoms with Crippen molar-refractivity contribution in [3.63, 3.8) is 0 Å². The number of unbranched alkanes of at least 4 members (excludes halogenated alkanes) is 21. The maximum atomic E-state index is 12.9. The molecule has 0 rings (SSSR count). The fourth-order valence-corrected chi connectivity index (χ4v) is 7.74. The van der Waals surface area contributed by atoms with E-state index in [9.17, 15) is 14.4 Å². The zero-order chi connectivity index (χ0) is 52.2. The molecule has 0 aliphatic rings. The van der Waals surface area contributed by atoms with Crippen LogP contribution in [-0.4, -0.2) is 37.2 Å². The van der Waals surface area contributed by atoms with Gasteiger partial charge in [0.05, 0.1) is 0 Å². The highest BCUT2D eigenvalue weighted by molar-refractivity contribution is 5.71. The van der Waals surface area contributed by atoms with Crippen LogP contribution in [0.5, 0.6) is 0 Å². The summed E-state index contributed by atoms with van der Waals surface area (Å²) in [7, 11) is 0. The number of carbonyl (C=O) groups excluding carboxylic acids is 3. The molecule has 1 atom stereocenters. The molecule has 0 radical (unpaired) electrons. The molecule has 0 spiro atoms. The van der Waals surface area contributed by atoms with Crippen molar-refractivity contribution in [2.75, 3.05) is 13.2 Å². The van der Waals surface area contributed by atoms with E-state index in [0.29, 0.717) is 19.3 Å². The number of rotatable bonds is 52. The molecule has 0 aromatic heterocycles. The fourth-order valence-electron chi connectivity index (χ4n) is 7.74. The van der Waals surface area contributed by atoms with E-state index in [0.717, 1.165) is 128 Å². The fraction of sp³-hybridized carbons (Fsp3) is 0.652. The van der Waals surface area contributed by atoms with E-state index in [1.54, 1.807) is 0 Å². The van der Waals surface area contributed by atoms with Gasteiger partial charge in [-0.25, -0.2) is 0 Å². The van der Waals surface area contributed by atoms with Gasteiger partial charge in [-0.05, 0) is 135 Å². The molecule has 0 heterocycles. The van der Waals surface area contributed by atoms with Gasteiger partial charge in [-0.2, -0.15) is 0 Å². The summed E-state index contributed by atoms with van der Waals surface area (Å²) in [4.78, 5) is 38.2. The number of allylic oxidation sites excluding steroid dienone is 20. The number of esters is 3. The maximum absolute atomic E-state index is 12.9. The number of hydrogen-bond acceptors (Lipinski definition) is 6. The lowest BCUT2D eigenvalue weighted by Crippen LogP contribution is -2.30. The molecule has 72 heavy (non-hydrogen) atoms. The minimum absolute atomic E-state index is 0.109. The average Bonchev–Trinajstić information content (AvgIpc) is 3.38. The second-order valence-corrected chi connectivity index (χ2v) is 19.2. The minimum atomic E-state index is -0.816. The van der Waals surface area contributed by atoms with E-state index in [4.69, 9.17) is 14.2 Å². The van der Waals surface area contributed by atoms with Crippen molar-refractivity contribution < 1.29 is 28.6 Å². The highest BCUT2D eigenvalue weighted by Crippen LogP contribution is 2.13. The van der Waals surface area contributed by atoms with Crippen LogP contribution >= 0.6 is 0 Å². The quantitative estimate of drug-likeness (QED) is 0.0261. The third-order valence-electron chi connectivity index (χ3n) is 12.2. The first-order valence-corrected chi connectivity index (χ1v) is 29.5. The van der Waals surface area contributed by atoms with Crippen molar-refractivity contribution in [2.24, 2.45) is 0 Å². The number of carbonyl (C=O) groups is 3. The van der Waals surface area contributed by atoms with Crippen molar-refractivity contribution in [3.05, 3.63) is 122 Å². The lowest BCUT2D eigenvalue weighted by molar-refractivity contribution is -0.167. The van der Waals surface area contributed by atoms with E-state index < -0.39 is 6.10 Å². The monoisotopic (exact) mass is 997 g/mol. The Labute approximate surface area is 443 Å². The summed E-state index contributed by atoms with van der Waals surface area (Å²) in [5.41, 5.74) is 0. The van der Waals surface area contributed by atoms with E-state index in [1.165, 1.54) is 83.5 Å². The van der Waals surface area contributed by atoms with Gasteiger partial charge in [0.2, 0.25) is 0 Å². The highest BCUT2D eigenvalue weighted by Gasteiger charge is 2.19. The topological polar surface area (TPSA) is 78.9 Å². The number of ether oxygens (including phenoxy) is 3. The first-order valence-electron chi connectivity index (χ1n) is 29.5. The first kappa shape index (κ1) is 67.8. The molecule has 0 unspecified atom stereocenters. The minimum Gasteiger partial charge on any atom is -0.462 e. The second kappa shape index (κ2) is 59.4. The summed E-state index contributed by atoms with van der Waals surface area (Å²) in [6, 6.07) is 0. The molecule has 6 heteroatoms. The molecule has 0 aromatic carbocycles. The van der Waals surface area contributed by atoms with Crippen LogP contribution in [0.2, 0.25) is 0 Å². The van der Waals surface area contributed by atoms with Crippen molar-refractivity contribution in [1.82, 2.24) is 0 Å². The smallest absolute Gasteiger partial charge is 0.306 e. The van der Waals surface area contributed by atoms with Gasteiger partial charge in [0.25, 0.3) is 0 Å². The zero-order valence-electron chi connectivity index (χ0n) is 46.7. The summed E-state index contributed by atoms with van der Waals surface area (Å²) in [6.45, 7) is 6.43. The molecule has 0 fully saturated rings. The summed E-state index contributed by atoms with van der Waals surface area (Å²) in [5, 5.41) is 0. The molecule has 0 aliphatic heterocycles. The Balaban J connectivity index is 4.54. The van der Waals surface area contributed by atoms with Gasteiger partial charge in [-0.15, -0.1) is 0 Å². The molecule has 0 aliphatic carbocycles. The van der Waals surface area contributed by atoms with Crippen molar-refractivity contribution >= 4 is 17.9 Å². The molecule has 0 bridgehead atoms. The SMILES string of the molecule is CC/C=C\C/C=C\C/C=C\C/C=C\C/C=C\CCCCCC(=O)OC[C@@H](COC(=O)CCCCCCC/C=C\CCCCCCCCC)OC(=O)CCCCC/C=C\C/C=C\C/C=C\C/C=C\CCCCC. The summed E-state index contributed by atoms with van der Waals surface area (Å²) < 4.78 is 16.8. The Morgan fingerprint density at radius 3 is 0.903 bits per heavy atom. The zero-order valence-corrected chi connectivity index (χ0v) is 46.7. The van der Waals surface area contributed by atoms with Crippen LogP contribution in [-0.2, 0) is 28.6 Å². The van der Waals surface area contributed by atoms with Crippen molar-refractivity contribution in [2.45, 2.75) is 264 Å². The van der Waals surface area contributed by atoms with Gasteiger partial charge in [-0.1, -0.05) is 226 Å². The summed E-state index contributed by atoms with van der Waals surface area (Å²) in [6.07, 6.45) is 81.8. The van der Waals surface area contributed by atoms with E-state index >= 15 is 0 Å². The standard InChI is InChI=1S/C66H108O6/c1-4-7-10-13-16-19-22-25-28-31-33-35-38-41-44-47-50-53-56-59-65(68)71-62-63(61-70-64(67)58-55-52-49-46-43-40-37-30-27-24-21-18-15-12-9-6-3)72-66(69)60-57-54-51-48-45-42-39-36-34-32-29-26-23-20-17-14-11-8-5-2/h7,10,16-17,19-20,25-26,28-30,33-37,41-42,44-45,63H,4-6,8-9,11-15,18,21-24,27,31-32,38-40,43,46-62H2,1-3H3/b10-7-,19-16-,20-17-,28-25-,29-26-,35-33-,36-34-,37-30-,44-41-,45-42-/t63-/m1/s1. The number of hydrogen-bond donors (Lipinski definition) is 0. The molecular formula is C66H108O6. The Hall–Kier alpha value is -4.19. The third kappa shape index (κ3) is 56.7. The Kier molecular flexibility index (Phi) is 55.9. The summed E-state index contributed by atoms with van der Waals surface area (Å²) in [5.74, 6) is -0.981. The van der Waals surface area contributed by atoms with Gasteiger partial charge in [0, 0.05) is 19.3 Å². The van der Waals surface area contributed by atoms with Gasteiger partial charge >= 0.3 is 17.9 Å². The van der Waals surface area contributed by atoms with E-state index in [1.807, 2.05) is 0 Å². The molecule has 0 aromatic rings. The van der Waals surface area contributed by atoms with Crippen LogP contribution in [0.4, 0.5) is 0 Å². The second-order valence-electron chi connectivity index (χ2n) is 19.2. The van der Waals surface area contributed by atoms with Crippen molar-refractivity contribution in [3.8, 4) is 0 Å². The lowest BCUT2D eigenvalue weighted by Gasteiger charge is -2.18. The van der Waals surface area contributed by atoms with Crippen LogP contribution in [0, 0.1) is 0 Å². The maximum Gasteiger partial charge on any atom is 0.306 e. The molecule has 0 N–H and O–H groups in total. The highest BCUT2D eigenvalue weighted by atomic mass is 16.6. The average molecular weight is 998 g/mol. The van der Waals surface area contributed by atoms with E-state index in [2.05, 4.69) is 142 Å². The molecular weight excluding hydrogens is 889 g/mol. The predicted octanol–water partition coefficient (Wildman–Crippen LogP) is 20.0. The normalized spacial score (nSPS) is 13.0. The van der Waals surface area contributed by atoms with Gasteiger partial charge in [0.15, 0.2) is 6.10 Å². The third-order valence-corrected chi connectivity index (χ3v) is 12.2. The lowest BCUT2D eigenvalue weighted by atomic mass is 10.1. The molecule has 408 valence electrons. The van der Waals surface area contributed by atoms with Gasteiger partial charge < -0.3 is 14.2 Å². The largest absolute Gasteiger partial charge is 0.462 e. The van der Waals surface area contributed by atoms with Crippen LogP contribution in [0.25, 0.3) is 0 Å². The van der Waals surface area contributed by atoms with E-state index in [-0.39, 0.29) is 37.5 Å². The Bertz CT molecular complexity index is 1520. The van der Waals surface area contributed by atoms with Gasteiger partial charge in [-0.3, -0.25) is 14.4 Å². The Morgan fingerprint density at radius 1 is 0.292 bits per heavy atom. The molecule has 0 saturated carbocycles. The summed E-state index contributed by atoms with van der Waals surface area (Å²) >= 11 is 0. The van der Waals surface area contributed by atoms with Crippen LogP contribution in [0.3, 0.4) is 0 Å². The molecule has 0 saturated heterocycles. The van der Waals surface area contributed by atoms with Crippen molar-refractivity contribution in [1.29, 1.82) is 0 Å². The predicted molar refractivity (Wildman–Crippen MR) is 311 cm³/mol. The molecule has 6 nitrogen and oxygen atoms in total. The first-order chi connectivity index (χ1) is 35.5. The van der Waals surface area contributed by atoms with Gasteiger partial charge in [0.1, 0.15) is 13.2 Å². The Morgan fingerprint density at radius 2 is 0.542 bits per heavy atom. The molecule has 0 amide bonds. The van der Waals surface area contributed by atoms with Crippen LogP contribution in [0.15, 0.2) is 122 Å².